The van der Waals surface area contributed by atoms with Gasteiger partial charge in [-0.15, -0.1) is 0 Å². The van der Waals surface area contributed by atoms with Gasteiger partial charge in [-0.3, -0.25) is 19.2 Å². The summed E-state index contributed by atoms with van der Waals surface area (Å²) >= 11 is 0. The van der Waals surface area contributed by atoms with Crippen LogP contribution in [0.2, 0.25) is 0 Å². The Morgan fingerprint density at radius 2 is 1.48 bits per heavy atom. The number of ether oxygens (including phenoxy) is 6. The van der Waals surface area contributed by atoms with E-state index < -0.39 is 60.7 Å². The van der Waals surface area contributed by atoms with Crippen LogP contribution < -0.4 is 0 Å². The van der Waals surface area contributed by atoms with E-state index in [1.165, 1.54) is 7.11 Å². The lowest BCUT2D eigenvalue weighted by Gasteiger charge is -2.44. The van der Waals surface area contributed by atoms with Crippen LogP contribution in [0.1, 0.15) is 40.5 Å². The SMILES string of the molecule is CCCC(=O)O[C@H](C#N)[C@H]1O[C@H](OC)[C@@H](OC(C)=O)[C@@H](OC(C)=O)[C@@H]1OC(C)=O. The topological polar surface area (TPSA) is 147 Å². The molecule has 0 bridgehead atoms. The molecule has 0 unspecified atom stereocenters. The molecule has 6 atom stereocenters. The largest absolute Gasteiger partial charge is 0.455 e. The Morgan fingerprint density at radius 1 is 0.966 bits per heavy atom. The molecule has 1 heterocycles. The van der Waals surface area contributed by atoms with Gasteiger partial charge in [0.05, 0.1) is 0 Å². The van der Waals surface area contributed by atoms with Gasteiger partial charge in [0.1, 0.15) is 6.07 Å². The van der Waals surface area contributed by atoms with E-state index >= 15 is 0 Å². The maximum absolute atomic E-state index is 11.9. The van der Waals surface area contributed by atoms with Gasteiger partial charge in [0.15, 0.2) is 30.7 Å². The zero-order valence-corrected chi connectivity index (χ0v) is 16.9. The summed E-state index contributed by atoms with van der Waals surface area (Å²) < 4.78 is 31.5. The average Bonchev–Trinajstić information content (AvgIpc) is 2.62. The van der Waals surface area contributed by atoms with Gasteiger partial charge >= 0.3 is 23.9 Å². The molecule has 0 aliphatic carbocycles. The van der Waals surface area contributed by atoms with Crippen LogP contribution in [0, 0.1) is 11.3 Å². The molecular formula is C18H25NO10. The highest BCUT2D eigenvalue weighted by atomic mass is 16.7. The number of hydrogen-bond acceptors (Lipinski definition) is 11. The van der Waals surface area contributed by atoms with Crippen molar-refractivity contribution in [3.8, 4) is 6.07 Å². The molecule has 0 amide bonds. The van der Waals surface area contributed by atoms with Crippen LogP contribution >= 0.6 is 0 Å². The van der Waals surface area contributed by atoms with E-state index in [-0.39, 0.29) is 6.42 Å². The number of esters is 4. The van der Waals surface area contributed by atoms with Crippen LogP contribution in [0.5, 0.6) is 0 Å². The van der Waals surface area contributed by atoms with E-state index in [1.54, 1.807) is 13.0 Å². The van der Waals surface area contributed by atoms with Crippen molar-refractivity contribution in [3.63, 3.8) is 0 Å². The van der Waals surface area contributed by atoms with E-state index in [0.29, 0.717) is 6.42 Å². The van der Waals surface area contributed by atoms with Crippen molar-refractivity contribution in [1.82, 2.24) is 0 Å². The molecule has 1 rings (SSSR count). The van der Waals surface area contributed by atoms with Crippen molar-refractivity contribution in [2.45, 2.75) is 77.3 Å². The molecule has 1 saturated heterocycles. The third-order valence-electron chi connectivity index (χ3n) is 3.81. The maximum Gasteiger partial charge on any atom is 0.307 e. The first-order valence-electron chi connectivity index (χ1n) is 8.93. The van der Waals surface area contributed by atoms with E-state index in [0.717, 1.165) is 20.8 Å². The molecule has 29 heavy (non-hydrogen) atoms. The molecule has 0 saturated carbocycles. The zero-order valence-electron chi connectivity index (χ0n) is 16.9. The molecular weight excluding hydrogens is 390 g/mol. The summed E-state index contributed by atoms with van der Waals surface area (Å²) in [5.41, 5.74) is 0. The van der Waals surface area contributed by atoms with Crippen LogP contribution in [0.4, 0.5) is 0 Å². The quantitative estimate of drug-likeness (QED) is 0.400. The zero-order chi connectivity index (χ0) is 22.1. The first kappa shape index (κ1) is 24.3. The van der Waals surface area contributed by atoms with Gasteiger partial charge in [-0.1, -0.05) is 6.92 Å². The molecule has 0 radical (unpaired) electrons. The number of nitrogens with zero attached hydrogens (tertiary/aromatic N) is 1. The highest BCUT2D eigenvalue weighted by molar-refractivity contribution is 5.70. The summed E-state index contributed by atoms with van der Waals surface area (Å²) in [4.78, 5) is 46.7. The van der Waals surface area contributed by atoms with Gasteiger partial charge in [-0.2, -0.15) is 5.26 Å². The van der Waals surface area contributed by atoms with E-state index in [1.807, 2.05) is 0 Å². The number of nitriles is 1. The maximum atomic E-state index is 11.9. The van der Waals surface area contributed by atoms with Crippen molar-refractivity contribution in [1.29, 1.82) is 5.26 Å². The lowest BCUT2D eigenvalue weighted by Crippen LogP contribution is -2.64. The lowest BCUT2D eigenvalue weighted by molar-refractivity contribution is -0.307. The van der Waals surface area contributed by atoms with Crippen LogP contribution in [-0.4, -0.2) is 67.8 Å². The molecule has 0 N–H and O–H groups in total. The van der Waals surface area contributed by atoms with Crippen LogP contribution in [0.15, 0.2) is 0 Å². The van der Waals surface area contributed by atoms with Gasteiger partial charge < -0.3 is 28.4 Å². The van der Waals surface area contributed by atoms with Crippen molar-refractivity contribution in [3.05, 3.63) is 0 Å². The summed E-state index contributed by atoms with van der Waals surface area (Å²) in [6.45, 7) is 5.07. The summed E-state index contributed by atoms with van der Waals surface area (Å²) in [5.74, 6) is -2.94. The van der Waals surface area contributed by atoms with Crippen molar-refractivity contribution in [2.75, 3.05) is 7.11 Å². The summed E-state index contributed by atoms with van der Waals surface area (Å²) in [5, 5.41) is 9.50. The fourth-order valence-corrected chi connectivity index (χ4v) is 2.81. The van der Waals surface area contributed by atoms with E-state index in [2.05, 4.69) is 0 Å². The average molecular weight is 415 g/mol. The molecule has 11 nitrogen and oxygen atoms in total. The van der Waals surface area contributed by atoms with Crippen molar-refractivity contribution >= 4 is 23.9 Å². The third kappa shape index (κ3) is 6.99. The third-order valence-corrected chi connectivity index (χ3v) is 3.81. The van der Waals surface area contributed by atoms with Gasteiger partial charge in [-0.25, -0.2) is 0 Å². The van der Waals surface area contributed by atoms with Crippen LogP contribution in [0.25, 0.3) is 0 Å². The van der Waals surface area contributed by atoms with Crippen LogP contribution in [-0.2, 0) is 47.6 Å². The fourth-order valence-electron chi connectivity index (χ4n) is 2.81. The standard InChI is InChI=1S/C18H25NO10/c1-6-7-13(23)28-12(8-19)14-15(25-9(2)20)16(26-10(3)21)17(27-11(4)22)18(24-5)29-14/h12,14-18H,6-7H2,1-5H3/t12-,14-,15-,16+,17+,18+/m1/s1. The minimum absolute atomic E-state index is 0.0558. The first-order valence-corrected chi connectivity index (χ1v) is 8.93. The monoisotopic (exact) mass is 415 g/mol. The first-order chi connectivity index (χ1) is 13.6. The lowest BCUT2D eigenvalue weighted by atomic mass is 9.94. The minimum atomic E-state index is -1.51. The highest BCUT2D eigenvalue weighted by Crippen LogP contribution is 2.31. The number of methoxy groups -OCH3 is 1. The highest BCUT2D eigenvalue weighted by Gasteiger charge is 2.55. The Labute approximate surface area is 168 Å². The Morgan fingerprint density at radius 3 is 1.93 bits per heavy atom. The number of carbonyl (C=O) groups is 4. The molecule has 0 spiro atoms. The number of hydrogen-bond donors (Lipinski definition) is 0. The van der Waals surface area contributed by atoms with Crippen molar-refractivity contribution < 1.29 is 47.6 Å². The predicted octanol–water partition coefficient (Wildman–Crippen LogP) is 0.388. The Kier molecular flexibility index (Phi) is 9.50. The predicted molar refractivity (Wildman–Crippen MR) is 92.7 cm³/mol. The molecule has 1 aliphatic rings. The van der Waals surface area contributed by atoms with Gasteiger partial charge in [0.2, 0.25) is 6.10 Å². The Balaban J connectivity index is 3.35. The second-order valence-electron chi connectivity index (χ2n) is 6.22. The Hall–Kier alpha value is -2.71. The molecule has 11 heteroatoms. The molecule has 1 fully saturated rings. The van der Waals surface area contributed by atoms with Gasteiger partial charge in [0, 0.05) is 34.3 Å². The minimum Gasteiger partial charge on any atom is -0.455 e. The molecule has 0 aromatic heterocycles. The van der Waals surface area contributed by atoms with E-state index in [4.69, 9.17) is 28.4 Å². The normalized spacial score (nSPS) is 27.1. The molecule has 0 aromatic rings. The number of carbonyl (C=O) groups excluding carboxylic acids is 4. The molecule has 162 valence electrons. The molecule has 0 aromatic carbocycles. The second-order valence-corrected chi connectivity index (χ2v) is 6.22. The summed E-state index contributed by atoms with van der Waals surface area (Å²) in [7, 11) is 1.24. The van der Waals surface area contributed by atoms with Gasteiger partial charge in [-0.05, 0) is 6.42 Å². The Bertz CT molecular complexity index is 658. The van der Waals surface area contributed by atoms with Crippen LogP contribution in [0.3, 0.4) is 0 Å². The summed E-state index contributed by atoms with van der Waals surface area (Å²) in [6.07, 6.45) is -7.70. The summed E-state index contributed by atoms with van der Waals surface area (Å²) in [6, 6.07) is 1.78. The fraction of sp³-hybridized carbons (Fsp3) is 0.722. The van der Waals surface area contributed by atoms with Crippen molar-refractivity contribution in [2.24, 2.45) is 0 Å². The second kappa shape index (κ2) is 11.3. The molecule has 1 aliphatic heterocycles. The van der Waals surface area contributed by atoms with E-state index in [9.17, 15) is 24.4 Å². The van der Waals surface area contributed by atoms with Gasteiger partial charge in [0.25, 0.3) is 0 Å². The smallest absolute Gasteiger partial charge is 0.307 e. The number of rotatable bonds is 8.